The van der Waals surface area contributed by atoms with Crippen molar-refractivity contribution < 1.29 is 14.7 Å². The van der Waals surface area contributed by atoms with E-state index >= 15 is 0 Å². The number of carbonyl (C=O) groups is 2. The molecule has 1 aromatic carbocycles. The number of anilines is 1. The molecule has 0 aromatic heterocycles. The maximum absolute atomic E-state index is 12.1. The Bertz CT molecular complexity index is 488. The third-order valence-electron chi connectivity index (χ3n) is 3.52. The van der Waals surface area contributed by atoms with Gasteiger partial charge >= 0.3 is 5.97 Å². The zero-order valence-electron chi connectivity index (χ0n) is 11.4. The molecule has 1 aliphatic rings. The largest absolute Gasteiger partial charge is 0.481 e. The van der Waals surface area contributed by atoms with E-state index in [1.807, 2.05) is 24.3 Å². The number of rotatable bonds is 7. The highest BCUT2D eigenvalue weighted by Gasteiger charge is 2.27. The van der Waals surface area contributed by atoms with Gasteiger partial charge in [0.2, 0.25) is 5.91 Å². The van der Waals surface area contributed by atoms with Crippen molar-refractivity contribution in [3.05, 3.63) is 29.8 Å². The van der Waals surface area contributed by atoms with Crippen molar-refractivity contribution in [1.82, 2.24) is 5.32 Å². The molecule has 3 N–H and O–H groups in total. The zero-order valence-corrected chi connectivity index (χ0v) is 11.4. The molecule has 1 aromatic rings. The van der Waals surface area contributed by atoms with Gasteiger partial charge < -0.3 is 15.7 Å². The minimum absolute atomic E-state index is 0.0423. The van der Waals surface area contributed by atoms with Crippen LogP contribution in [0.5, 0.6) is 0 Å². The average molecular weight is 276 g/mol. The van der Waals surface area contributed by atoms with E-state index < -0.39 is 5.97 Å². The molecule has 2 rings (SSSR count). The molecule has 1 amide bonds. The molecule has 0 saturated heterocycles. The molecule has 0 spiro atoms. The predicted molar refractivity (Wildman–Crippen MR) is 76.8 cm³/mol. The predicted octanol–water partition coefficient (Wildman–Crippen LogP) is 1.96. The number of hydrogen-bond donors (Lipinski definition) is 3. The van der Waals surface area contributed by atoms with Crippen molar-refractivity contribution in [3.63, 3.8) is 0 Å². The summed E-state index contributed by atoms with van der Waals surface area (Å²) in [7, 11) is 0. The zero-order chi connectivity index (χ0) is 14.4. The van der Waals surface area contributed by atoms with Gasteiger partial charge in [0.05, 0.1) is 5.92 Å². The van der Waals surface area contributed by atoms with Crippen LogP contribution in [0.3, 0.4) is 0 Å². The number of nitrogens with one attached hydrogen (secondary N) is 2. The van der Waals surface area contributed by atoms with Gasteiger partial charge in [-0.05, 0) is 24.5 Å². The highest BCUT2D eigenvalue weighted by Crippen LogP contribution is 2.30. The fourth-order valence-electron chi connectivity index (χ4n) is 2.43. The van der Waals surface area contributed by atoms with Gasteiger partial charge in [-0.3, -0.25) is 9.59 Å². The Hall–Kier alpha value is -2.04. The second-order valence-corrected chi connectivity index (χ2v) is 5.02. The van der Waals surface area contributed by atoms with Crippen molar-refractivity contribution >= 4 is 17.6 Å². The van der Waals surface area contributed by atoms with Crippen LogP contribution in [-0.4, -0.2) is 30.1 Å². The number of carboxylic acids is 1. The van der Waals surface area contributed by atoms with E-state index in [2.05, 4.69) is 10.6 Å². The van der Waals surface area contributed by atoms with Crippen LogP contribution in [0.25, 0.3) is 0 Å². The van der Waals surface area contributed by atoms with E-state index in [9.17, 15) is 9.59 Å². The first-order valence-electron chi connectivity index (χ1n) is 7.01. The van der Waals surface area contributed by atoms with Crippen LogP contribution in [0.1, 0.15) is 37.2 Å². The second kappa shape index (κ2) is 6.93. The van der Waals surface area contributed by atoms with Crippen LogP contribution in [0.15, 0.2) is 24.3 Å². The van der Waals surface area contributed by atoms with Crippen molar-refractivity contribution in [2.75, 3.05) is 18.4 Å². The highest BCUT2D eigenvalue weighted by atomic mass is 16.4. The number of carbonyl (C=O) groups excluding carboxylic acids is 1. The maximum Gasteiger partial charge on any atom is 0.303 e. The van der Waals surface area contributed by atoms with E-state index in [0.29, 0.717) is 19.5 Å². The van der Waals surface area contributed by atoms with Crippen LogP contribution in [-0.2, 0) is 9.59 Å². The van der Waals surface area contributed by atoms with E-state index in [0.717, 1.165) is 24.1 Å². The molecule has 1 atom stereocenters. The Labute approximate surface area is 118 Å². The summed E-state index contributed by atoms with van der Waals surface area (Å²) in [6, 6.07) is 7.85. The van der Waals surface area contributed by atoms with Crippen molar-refractivity contribution in [2.45, 2.75) is 31.6 Å². The van der Waals surface area contributed by atoms with E-state index in [1.54, 1.807) is 0 Å². The molecule has 1 aliphatic heterocycles. The summed E-state index contributed by atoms with van der Waals surface area (Å²) in [4.78, 5) is 22.5. The summed E-state index contributed by atoms with van der Waals surface area (Å²) in [5.41, 5.74) is 2.09. The number of unbranched alkanes of at least 4 members (excludes halogenated alkanes) is 2. The fraction of sp³-hybridized carbons (Fsp3) is 0.467. The summed E-state index contributed by atoms with van der Waals surface area (Å²) in [6.07, 6.45) is 2.51. The smallest absolute Gasteiger partial charge is 0.303 e. The number of fused-ring (bicyclic) bond motifs is 1. The summed E-state index contributed by atoms with van der Waals surface area (Å²) in [5.74, 6) is -0.839. The lowest BCUT2D eigenvalue weighted by atomic mass is 10.0. The van der Waals surface area contributed by atoms with Gasteiger partial charge in [0.15, 0.2) is 0 Å². The van der Waals surface area contributed by atoms with Gasteiger partial charge in [0.25, 0.3) is 0 Å². The number of amides is 1. The van der Waals surface area contributed by atoms with Crippen LogP contribution >= 0.6 is 0 Å². The highest BCUT2D eigenvalue weighted by molar-refractivity contribution is 5.88. The maximum atomic E-state index is 12.1. The van der Waals surface area contributed by atoms with Crippen molar-refractivity contribution in [3.8, 4) is 0 Å². The molecule has 108 valence electrons. The van der Waals surface area contributed by atoms with E-state index in [4.69, 9.17) is 5.11 Å². The SMILES string of the molecule is O=C(O)CCCCCNC(=O)C1CNc2ccccc21. The normalized spacial score (nSPS) is 16.3. The molecular weight excluding hydrogens is 256 g/mol. The summed E-state index contributed by atoms with van der Waals surface area (Å²) >= 11 is 0. The molecule has 5 heteroatoms. The standard InChI is InChI=1S/C15H20N2O3/c18-14(19)8-2-1-5-9-16-15(20)12-10-17-13-7-4-3-6-11(12)13/h3-4,6-7,12,17H,1-2,5,8-10H2,(H,16,20)(H,18,19). The van der Waals surface area contributed by atoms with Gasteiger partial charge in [-0.2, -0.15) is 0 Å². The lowest BCUT2D eigenvalue weighted by molar-refractivity contribution is -0.137. The molecule has 0 bridgehead atoms. The van der Waals surface area contributed by atoms with Crippen molar-refractivity contribution in [2.24, 2.45) is 0 Å². The molecule has 5 nitrogen and oxygen atoms in total. The second-order valence-electron chi connectivity index (χ2n) is 5.02. The number of aliphatic carboxylic acids is 1. The minimum atomic E-state index is -0.761. The quantitative estimate of drug-likeness (QED) is 0.665. The van der Waals surface area contributed by atoms with Gasteiger partial charge in [-0.15, -0.1) is 0 Å². The minimum Gasteiger partial charge on any atom is -0.481 e. The molecule has 0 radical (unpaired) electrons. The van der Waals surface area contributed by atoms with Gasteiger partial charge in [-0.25, -0.2) is 0 Å². The first-order chi connectivity index (χ1) is 9.68. The molecular formula is C15H20N2O3. The van der Waals surface area contributed by atoms with Crippen LogP contribution < -0.4 is 10.6 Å². The van der Waals surface area contributed by atoms with Gasteiger partial charge in [0, 0.05) is 25.2 Å². The fourth-order valence-corrected chi connectivity index (χ4v) is 2.43. The number of carboxylic acid groups (broad SMARTS) is 1. The summed E-state index contributed by atoms with van der Waals surface area (Å²) < 4.78 is 0. The first-order valence-corrected chi connectivity index (χ1v) is 7.01. The molecule has 0 saturated carbocycles. The van der Waals surface area contributed by atoms with Gasteiger partial charge in [-0.1, -0.05) is 24.6 Å². The monoisotopic (exact) mass is 276 g/mol. The summed E-state index contributed by atoms with van der Waals surface area (Å²) in [6.45, 7) is 1.25. The first kappa shape index (κ1) is 14.4. The Kier molecular flexibility index (Phi) is 4.98. The van der Waals surface area contributed by atoms with Crippen molar-refractivity contribution in [1.29, 1.82) is 0 Å². The Morgan fingerprint density at radius 3 is 2.85 bits per heavy atom. The average Bonchev–Trinajstić information content (AvgIpc) is 2.86. The lowest BCUT2D eigenvalue weighted by Crippen LogP contribution is -2.31. The Balaban J connectivity index is 1.70. The molecule has 20 heavy (non-hydrogen) atoms. The lowest BCUT2D eigenvalue weighted by Gasteiger charge is -2.11. The number of para-hydroxylation sites is 1. The molecule has 1 unspecified atom stereocenters. The molecule has 0 fully saturated rings. The third kappa shape index (κ3) is 3.73. The van der Waals surface area contributed by atoms with Crippen LogP contribution in [0, 0.1) is 0 Å². The molecule has 1 heterocycles. The third-order valence-corrected chi connectivity index (χ3v) is 3.52. The summed E-state index contributed by atoms with van der Waals surface area (Å²) in [5, 5.41) is 14.7. The topological polar surface area (TPSA) is 78.4 Å². The number of benzene rings is 1. The molecule has 0 aliphatic carbocycles. The van der Waals surface area contributed by atoms with E-state index in [1.165, 1.54) is 0 Å². The number of hydrogen-bond acceptors (Lipinski definition) is 3. The van der Waals surface area contributed by atoms with E-state index in [-0.39, 0.29) is 18.2 Å². The van der Waals surface area contributed by atoms with Gasteiger partial charge in [0.1, 0.15) is 0 Å². The Morgan fingerprint density at radius 1 is 1.25 bits per heavy atom. The van der Waals surface area contributed by atoms with Crippen LogP contribution in [0.4, 0.5) is 5.69 Å². The Morgan fingerprint density at radius 2 is 2.05 bits per heavy atom. The van der Waals surface area contributed by atoms with Crippen LogP contribution in [0.2, 0.25) is 0 Å².